The predicted octanol–water partition coefficient (Wildman–Crippen LogP) is 0.884. The van der Waals surface area contributed by atoms with Gasteiger partial charge >= 0.3 is 0 Å². The van der Waals surface area contributed by atoms with Crippen molar-refractivity contribution in [2.45, 2.75) is 6.54 Å². The fraction of sp³-hybridized carbons (Fsp3) is 0.286. The standard InChI is InChI=1S/C7H9N5S/c1-12-4-6(3-10-12)2-8-7-11-9-5-13-7/h3-5H,2H2,1H3,(H,8,11). The lowest BCUT2D eigenvalue weighted by Gasteiger charge is -1.96. The average Bonchev–Trinajstić information content (AvgIpc) is 2.71. The van der Waals surface area contributed by atoms with Gasteiger partial charge in [-0.05, 0) is 0 Å². The maximum absolute atomic E-state index is 4.06. The quantitative estimate of drug-likeness (QED) is 0.790. The Morgan fingerprint density at radius 1 is 1.62 bits per heavy atom. The minimum absolute atomic E-state index is 0.739. The predicted molar refractivity (Wildman–Crippen MR) is 50.4 cm³/mol. The minimum Gasteiger partial charge on any atom is -0.356 e. The second-order valence-electron chi connectivity index (χ2n) is 2.62. The summed E-state index contributed by atoms with van der Waals surface area (Å²) in [7, 11) is 1.90. The number of hydrogen-bond acceptors (Lipinski definition) is 5. The van der Waals surface area contributed by atoms with Gasteiger partial charge in [0, 0.05) is 25.4 Å². The number of aryl methyl sites for hydroxylation is 1. The summed E-state index contributed by atoms with van der Waals surface area (Å²) in [6, 6.07) is 0. The molecule has 0 fully saturated rings. The van der Waals surface area contributed by atoms with Gasteiger partial charge < -0.3 is 5.32 Å². The van der Waals surface area contributed by atoms with Crippen LogP contribution in [0.3, 0.4) is 0 Å². The van der Waals surface area contributed by atoms with Crippen LogP contribution in [-0.2, 0) is 13.6 Å². The van der Waals surface area contributed by atoms with E-state index >= 15 is 0 Å². The van der Waals surface area contributed by atoms with E-state index in [0.717, 1.165) is 17.2 Å². The first kappa shape index (κ1) is 8.18. The summed E-state index contributed by atoms with van der Waals surface area (Å²) in [6.45, 7) is 0.739. The summed E-state index contributed by atoms with van der Waals surface area (Å²) < 4.78 is 1.77. The van der Waals surface area contributed by atoms with Crippen LogP contribution in [0.2, 0.25) is 0 Å². The number of nitrogens with one attached hydrogen (secondary N) is 1. The first-order chi connectivity index (χ1) is 6.34. The van der Waals surface area contributed by atoms with E-state index in [1.54, 1.807) is 10.2 Å². The largest absolute Gasteiger partial charge is 0.356 e. The normalized spacial score (nSPS) is 10.2. The molecule has 2 aromatic heterocycles. The molecule has 13 heavy (non-hydrogen) atoms. The highest BCUT2D eigenvalue weighted by molar-refractivity contribution is 7.13. The van der Waals surface area contributed by atoms with E-state index in [2.05, 4.69) is 20.6 Å². The van der Waals surface area contributed by atoms with Crippen molar-refractivity contribution in [1.82, 2.24) is 20.0 Å². The van der Waals surface area contributed by atoms with E-state index in [-0.39, 0.29) is 0 Å². The van der Waals surface area contributed by atoms with Gasteiger partial charge in [0.1, 0.15) is 5.51 Å². The van der Waals surface area contributed by atoms with Crippen LogP contribution in [0.4, 0.5) is 5.13 Å². The van der Waals surface area contributed by atoms with Gasteiger partial charge in [-0.15, -0.1) is 10.2 Å². The molecule has 0 saturated carbocycles. The van der Waals surface area contributed by atoms with Crippen molar-refractivity contribution in [3.05, 3.63) is 23.5 Å². The molecule has 2 heterocycles. The van der Waals surface area contributed by atoms with Crippen LogP contribution < -0.4 is 5.32 Å². The fourth-order valence-electron chi connectivity index (χ4n) is 0.991. The lowest BCUT2D eigenvalue weighted by molar-refractivity contribution is 0.767. The molecule has 0 spiro atoms. The Hall–Kier alpha value is -1.43. The summed E-state index contributed by atoms with van der Waals surface area (Å²) >= 11 is 1.49. The molecular weight excluding hydrogens is 186 g/mol. The molecule has 0 atom stereocenters. The topological polar surface area (TPSA) is 55.6 Å². The van der Waals surface area contributed by atoms with Crippen LogP contribution in [0.5, 0.6) is 0 Å². The molecule has 0 aliphatic rings. The number of anilines is 1. The molecule has 0 aromatic carbocycles. The third kappa shape index (κ3) is 2.03. The Morgan fingerprint density at radius 3 is 3.15 bits per heavy atom. The van der Waals surface area contributed by atoms with E-state index in [0.29, 0.717) is 0 Å². The molecule has 0 aliphatic heterocycles. The third-order valence-electron chi connectivity index (χ3n) is 1.56. The number of rotatable bonds is 3. The van der Waals surface area contributed by atoms with Crippen LogP contribution in [0.1, 0.15) is 5.56 Å². The van der Waals surface area contributed by atoms with Crippen LogP contribution in [0.25, 0.3) is 0 Å². The minimum atomic E-state index is 0.739. The van der Waals surface area contributed by atoms with Gasteiger partial charge in [0.25, 0.3) is 0 Å². The van der Waals surface area contributed by atoms with Crippen molar-refractivity contribution in [1.29, 1.82) is 0 Å². The molecule has 0 saturated heterocycles. The highest BCUT2D eigenvalue weighted by Gasteiger charge is 1.97. The SMILES string of the molecule is Cn1cc(CNc2nncs2)cn1. The van der Waals surface area contributed by atoms with Crippen LogP contribution in [-0.4, -0.2) is 20.0 Å². The summed E-state index contributed by atoms with van der Waals surface area (Å²) in [4.78, 5) is 0. The van der Waals surface area contributed by atoms with Crippen LogP contribution >= 0.6 is 11.3 Å². The van der Waals surface area contributed by atoms with Crippen LogP contribution in [0, 0.1) is 0 Å². The summed E-state index contributed by atoms with van der Waals surface area (Å²) in [6.07, 6.45) is 3.79. The lowest BCUT2D eigenvalue weighted by atomic mass is 10.4. The molecule has 6 heteroatoms. The Kier molecular flexibility index (Phi) is 2.22. The van der Waals surface area contributed by atoms with Crippen molar-refractivity contribution < 1.29 is 0 Å². The first-order valence-electron chi connectivity index (χ1n) is 3.82. The molecule has 0 unspecified atom stereocenters. The Labute approximate surface area is 79.4 Å². The molecule has 68 valence electrons. The average molecular weight is 195 g/mol. The Morgan fingerprint density at radius 2 is 2.54 bits per heavy atom. The van der Waals surface area contributed by atoms with E-state index in [4.69, 9.17) is 0 Å². The molecule has 0 radical (unpaired) electrons. The lowest BCUT2D eigenvalue weighted by Crippen LogP contribution is -1.97. The fourth-order valence-corrected chi connectivity index (χ4v) is 1.43. The van der Waals surface area contributed by atoms with Gasteiger partial charge in [-0.2, -0.15) is 5.10 Å². The summed E-state index contributed by atoms with van der Waals surface area (Å²) in [5, 5.41) is 15.6. The zero-order chi connectivity index (χ0) is 9.10. The Bertz CT molecular complexity index is 366. The number of aromatic nitrogens is 4. The molecule has 2 rings (SSSR count). The zero-order valence-corrected chi connectivity index (χ0v) is 7.95. The third-order valence-corrected chi connectivity index (χ3v) is 2.21. The van der Waals surface area contributed by atoms with Crippen molar-refractivity contribution in [2.75, 3.05) is 5.32 Å². The molecule has 0 amide bonds. The second-order valence-corrected chi connectivity index (χ2v) is 3.45. The molecule has 1 N–H and O–H groups in total. The molecule has 2 aromatic rings. The number of hydrogen-bond donors (Lipinski definition) is 1. The van der Waals surface area contributed by atoms with Gasteiger partial charge in [-0.25, -0.2) is 0 Å². The van der Waals surface area contributed by atoms with Gasteiger partial charge in [0.15, 0.2) is 0 Å². The highest BCUT2D eigenvalue weighted by atomic mass is 32.1. The van der Waals surface area contributed by atoms with E-state index < -0.39 is 0 Å². The van der Waals surface area contributed by atoms with E-state index in [1.807, 2.05) is 19.4 Å². The van der Waals surface area contributed by atoms with Gasteiger partial charge in [-0.3, -0.25) is 4.68 Å². The molecular formula is C7H9N5S. The summed E-state index contributed by atoms with van der Waals surface area (Å²) in [5.74, 6) is 0. The van der Waals surface area contributed by atoms with Crippen molar-refractivity contribution in [3.8, 4) is 0 Å². The Balaban J connectivity index is 1.93. The van der Waals surface area contributed by atoms with Gasteiger partial charge in [0.2, 0.25) is 5.13 Å². The smallest absolute Gasteiger partial charge is 0.205 e. The maximum Gasteiger partial charge on any atom is 0.205 e. The zero-order valence-electron chi connectivity index (χ0n) is 7.14. The summed E-state index contributed by atoms with van der Waals surface area (Å²) in [5.41, 5.74) is 2.84. The van der Waals surface area contributed by atoms with Crippen molar-refractivity contribution in [3.63, 3.8) is 0 Å². The number of nitrogens with zero attached hydrogens (tertiary/aromatic N) is 4. The van der Waals surface area contributed by atoms with E-state index in [9.17, 15) is 0 Å². The van der Waals surface area contributed by atoms with E-state index in [1.165, 1.54) is 11.3 Å². The molecule has 0 bridgehead atoms. The van der Waals surface area contributed by atoms with Gasteiger partial charge in [-0.1, -0.05) is 11.3 Å². The van der Waals surface area contributed by atoms with Gasteiger partial charge in [0.05, 0.1) is 6.20 Å². The molecule has 0 aliphatic carbocycles. The first-order valence-corrected chi connectivity index (χ1v) is 4.70. The van der Waals surface area contributed by atoms with Crippen molar-refractivity contribution in [2.24, 2.45) is 7.05 Å². The van der Waals surface area contributed by atoms with Crippen LogP contribution in [0.15, 0.2) is 17.9 Å². The monoisotopic (exact) mass is 195 g/mol. The molecule has 5 nitrogen and oxygen atoms in total. The maximum atomic E-state index is 4.06. The second kappa shape index (κ2) is 3.53. The highest BCUT2D eigenvalue weighted by Crippen LogP contribution is 2.09. The van der Waals surface area contributed by atoms with Crippen molar-refractivity contribution >= 4 is 16.5 Å².